The molecule has 0 aliphatic carbocycles. The van der Waals surface area contributed by atoms with Crippen LogP contribution in [0.5, 0.6) is 5.75 Å². The van der Waals surface area contributed by atoms with Crippen LogP contribution in [0.15, 0.2) is 53.1 Å². The van der Waals surface area contributed by atoms with Gasteiger partial charge in [0.25, 0.3) is 0 Å². The summed E-state index contributed by atoms with van der Waals surface area (Å²) in [5.74, 6) is -0.549. The van der Waals surface area contributed by atoms with Crippen LogP contribution in [0, 0.1) is 5.82 Å². The Bertz CT molecular complexity index is 848. The van der Waals surface area contributed by atoms with Crippen molar-refractivity contribution in [1.29, 1.82) is 0 Å². The lowest BCUT2D eigenvalue weighted by atomic mass is 10.00. The van der Waals surface area contributed by atoms with Crippen molar-refractivity contribution in [2.75, 3.05) is 0 Å². The molecule has 0 aliphatic heterocycles. The first-order chi connectivity index (χ1) is 11.1. The molecule has 3 aromatic rings. The van der Waals surface area contributed by atoms with Gasteiger partial charge in [0.15, 0.2) is 5.78 Å². The summed E-state index contributed by atoms with van der Waals surface area (Å²) in [6.45, 7) is 4.00. The van der Waals surface area contributed by atoms with E-state index < -0.39 is 5.82 Å². The molecule has 0 fully saturated rings. The lowest BCUT2D eigenvalue weighted by molar-refractivity contribution is 0.103. The van der Waals surface area contributed by atoms with Gasteiger partial charge in [0.1, 0.15) is 11.6 Å². The molecular weight excluding hydrogens is 361 g/mol. The maximum atomic E-state index is 13.0. The van der Waals surface area contributed by atoms with Crippen LogP contribution in [-0.2, 0) is 0 Å². The minimum atomic E-state index is -0.393. The van der Waals surface area contributed by atoms with E-state index in [1.165, 1.54) is 42.6 Å². The molecule has 118 valence electrons. The lowest BCUT2D eigenvalue weighted by Gasteiger charge is -2.08. The Morgan fingerprint density at radius 1 is 1.13 bits per heavy atom. The Morgan fingerprint density at radius 2 is 1.78 bits per heavy atom. The lowest BCUT2D eigenvalue weighted by Crippen LogP contribution is -2.04. The van der Waals surface area contributed by atoms with Crippen LogP contribution >= 0.6 is 15.9 Å². The van der Waals surface area contributed by atoms with Crippen LogP contribution in [0.3, 0.4) is 0 Å². The van der Waals surface area contributed by atoms with Gasteiger partial charge in [0.2, 0.25) is 0 Å². The van der Waals surface area contributed by atoms with Crippen molar-refractivity contribution >= 4 is 32.6 Å². The third kappa shape index (κ3) is 3.56. The zero-order valence-electron chi connectivity index (χ0n) is 12.7. The normalized spacial score (nSPS) is 10.1. The van der Waals surface area contributed by atoms with Gasteiger partial charge in [-0.25, -0.2) is 4.39 Å². The van der Waals surface area contributed by atoms with Crippen molar-refractivity contribution in [3.05, 3.63) is 70.1 Å². The smallest absolute Gasteiger partial charge is 0.194 e. The Morgan fingerprint density at radius 3 is 2.43 bits per heavy atom. The largest absolute Gasteiger partial charge is 0.508 e. The number of aromatic hydroxyl groups is 1. The summed E-state index contributed by atoms with van der Waals surface area (Å²) in [4.78, 5) is 16.8. The average molecular weight is 376 g/mol. The fraction of sp³-hybridized carbons (Fsp3) is 0.111. The molecule has 1 heterocycles. The van der Waals surface area contributed by atoms with E-state index in [-0.39, 0.29) is 11.5 Å². The highest BCUT2D eigenvalue weighted by Gasteiger charge is 2.17. The number of benzene rings is 2. The van der Waals surface area contributed by atoms with Crippen molar-refractivity contribution in [3.8, 4) is 5.75 Å². The number of nitrogens with zero attached hydrogens (tertiary/aromatic N) is 1. The molecule has 23 heavy (non-hydrogen) atoms. The van der Waals surface area contributed by atoms with Crippen LogP contribution < -0.4 is 0 Å². The van der Waals surface area contributed by atoms with Crippen LogP contribution in [0.4, 0.5) is 4.39 Å². The Labute approximate surface area is 141 Å². The molecule has 0 saturated heterocycles. The van der Waals surface area contributed by atoms with E-state index >= 15 is 0 Å². The number of ketones is 1. The molecule has 3 nitrogen and oxygen atoms in total. The molecule has 3 rings (SSSR count). The molecule has 0 aliphatic rings. The summed E-state index contributed by atoms with van der Waals surface area (Å²) < 4.78 is 13.5. The van der Waals surface area contributed by atoms with Crippen LogP contribution in [0.1, 0.15) is 29.8 Å². The summed E-state index contributed by atoms with van der Waals surface area (Å²) in [5.41, 5.74) is 1.34. The number of rotatable bonds is 2. The molecule has 1 aromatic heterocycles. The van der Waals surface area contributed by atoms with Crippen molar-refractivity contribution in [3.63, 3.8) is 0 Å². The number of fused-ring (bicyclic) bond motifs is 1. The second-order valence-electron chi connectivity index (χ2n) is 4.52. The molecule has 0 saturated carbocycles. The minimum Gasteiger partial charge on any atom is -0.508 e. The molecule has 0 amide bonds. The number of halogens is 2. The van der Waals surface area contributed by atoms with Gasteiger partial charge in [-0.15, -0.1) is 0 Å². The van der Waals surface area contributed by atoms with Crippen molar-refractivity contribution in [2.45, 2.75) is 13.8 Å². The van der Waals surface area contributed by atoms with E-state index in [4.69, 9.17) is 0 Å². The molecule has 0 spiro atoms. The maximum Gasteiger partial charge on any atom is 0.194 e. The Kier molecular flexibility index (Phi) is 5.45. The number of pyridine rings is 1. The topological polar surface area (TPSA) is 50.2 Å². The number of aromatic nitrogens is 1. The summed E-state index contributed by atoms with van der Waals surface area (Å²) in [6, 6.07) is 10.0. The van der Waals surface area contributed by atoms with Crippen LogP contribution in [-0.4, -0.2) is 15.9 Å². The zero-order chi connectivity index (χ0) is 17.0. The molecule has 0 unspecified atom stereocenters. The fourth-order valence-corrected chi connectivity index (χ4v) is 2.63. The number of carbonyl (C=O) groups excluding carboxylic acids is 1. The maximum absolute atomic E-state index is 13.0. The third-order valence-corrected chi connectivity index (χ3v) is 3.74. The molecule has 0 atom stereocenters. The molecular formula is C18H15BrFNO2. The highest BCUT2D eigenvalue weighted by atomic mass is 79.9. The van der Waals surface area contributed by atoms with E-state index in [0.717, 1.165) is 0 Å². The van der Waals surface area contributed by atoms with Gasteiger partial charge < -0.3 is 5.11 Å². The van der Waals surface area contributed by atoms with Crippen LogP contribution in [0.2, 0.25) is 0 Å². The standard InChI is InChI=1S/C16H9BrFNO2.C2H6/c17-13-8-19-14-7-11(20)5-6-12(14)15(13)16(21)9-1-3-10(18)4-2-9;1-2/h1-8,20H;1-2H3. The number of phenolic OH excluding ortho intramolecular Hbond substituents is 1. The molecule has 0 radical (unpaired) electrons. The zero-order valence-corrected chi connectivity index (χ0v) is 14.3. The van der Waals surface area contributed by atoms with E-state index in [9.17, 15) is 14.3 Å². The van der Waals surface area contributed by atoms with E-state index in [2.05, 4.69) is 20.9 Å². The van der Waals surface area contributed by atoms with Crippen molar-refractivity contribution in [2.24, 2.45) is 0 Å². The summed E-state index contributed by atoms with van der Waals surface area (Å²) in [5, 5.41) is 10.1. The Hall–Kier alpha value is -2.27. The summed E-state index contributed by atoms with van der Waals surface area (Å²) in [6.07, 6.45) is 1.51. The summed E-state index contributed by atoms with van der Waals surface area (Å²) >= 11 is 3.33. The number of carbonyl (C=O) groups is 1. The number of hydrogen-bond donors (Lipinski definition) is 1. The van der Waals surface area contributed by atoms with E-state index in [1.54, 1.807) is 6.07 Å². The average Bonchev–Trinajstić information content (AvgIpc) is 2.57. The molecule has 1 N–H and O–H groups in total. The second-order valence-corrected chi connectivity index (χ2v) is 5.37. The minimum absolute atomic E-state index is 0.0810. The van der Waals surface area contributed by atoms with Crippen molar-refractivity contribution in [1.82, 2.24) is 4.98 Å². The van der Waals surface area contributed by atoms with Gasteiger partial charge in [-0.2, -0.15) is 0 Å². The fourth-order valence-electron chi connectivity index (χ4n) is 2.13. The van der Waals surface area contributed by atoms with Gasteiger partial charge in [0, 0.05) is 33.2 Å². The van der Waals surface area contributed by atoms with Gasteiger partial charge in [-0.1, -0.05) is 13.8 Å². The molecule has 2 aromatic carbocycles. The van der Waals surface area contributed by atoms with Gasteiger partial charge in [-0.3, -0.25) is 9.78 Å². The highest BCUT2D eigenvalue weighted by Crippen LogP contribution is 2.29. The first-order valence-corrected chi connectivity index (χ1v) is 7.93. The number of phenols is 1. The number of hydrogen-bond acceptors (Lipinski definition) is 3. The van der Waals surface area contributed by atoms with Crippen LogP contribution in [0.25, 0.3) is 10.9 Å². The van der Waals surface area contributed by atoms with Crippen molar-refractivity contribution < 1.29 is 14.3 Å². The first kappa shape index (κ1) is 17.1. The van der Waals surface area contributed by atoms with Gasteiger partial charge >= 0.3 is 0 Å². The van der Waals surface area contributed by atoms with E-state index in [0.29, 0.717) is 26.5 Å². The quantitative estimate of drug-likeness (QED) is 0.633. The second kappa shape index (κ2) is 7.33. The predicted molar refractivity (Wildman–Crippen MR) is 92.3 cm³/mol. The predicted octanol–water partition coefficient (Wildman–Crippen LogP) is 5.10. The van der Waals surface area contributed by atoms with E-state index in [1.807, 2.05) is 13.8 Å². The molecule has 0 bridgehead atoms. The first-order valence-electron chi connectivity index (χ1n) is 7.14. The summed E-state index contributed by atoms with van der Waals surface area (Å²) in [7, 11) is 0. The SMILES string of the molecule is CC.O=C(c1ccc(F)cc1)c1c(Br)cnc2cc(O)ccc12. The highest BCUT2D eigenvalue weighted by molar-refractivity contribution is 9.10. The third-order valence-electron chi connectivity index (χ3n) is 3.14. The van der Waals surface area contributed by atoms with Gasteiger partial charge in [0.05, 0.1) is 5.52 Å². The Balaban J connectivity index is 0.000000924. The monoisotopic (exact) mass is 375 g/mol. The molecule has 5 heteroatoms. The van der Waals surface area contributed by atoms with Gasteiger partial charge in [-0.05, 0) is 52.3 Å².